The second-order valence-electron chi connectivity index (χ2n) is 20.9. The van der Waals surface area contributed by atoms with E-state index in [9.17, 15) is 14.4 Å². The van der Waals surface area contributed by atoms with Crippen molar-refractivity contribution < 1.29 is 28.6 Å². The van der Waals surface area contributed by atoms with Crippen LogP contribution in [0, 0.1) is 0 Å². The molecule has 0 fully saturated rings. The maximum absolute atomic E-state index is 12.9. The summed E-state index contributed by atoms with van der Waals surface area (Å²) in [5.74, 6) is -1.03. The van der Waals surface area contributed by atoms with E-state index in [1.54, 1.807) is 0 Å². The van der Waals surface area contributed by atoms with Crippen LogP contribution in [0.25, 0.3) is 0 Å². The highest BCUT2D eigenvalue weighted by atomic mass is 16.6. The summed E-state index contributed by atoms with van der Waals surface area (Å²) in [6.45, 7) is 6.30. The van der Waals surface area contributed by atoms with Crippen molar-refractivity contribution in [3.63, 3.8) is 0 Å². The Morgan fingerprint density at radius 1 is 0.253 bits per heavy atom. The number of allylic oxidation sites excluding steroid dienone is 32. The number of hydrogen-bond donors (Lipinski definition) is 0. The van der Waals surface area contributed by atoms with E-state index >= 15 is 0 Å². The summed E-state index contributed by atoms with van der Waals surface area (Å²) in [5, 5.41) is 0. The summed E-state index contributed by atoms with van der Waals surface area (Å²) >= 11 is 0. The lowest BCUT2D eigenvalue weighted by Gasteiger charge is -2.18. The van der Waals surface area contributed by atoms with Crippen molar-refractivity contribution >= 4 is 17.9 Å². The maximum atomic E-state index is 12.9. The molecule has 1 atom stereocenters. The largest absolute Gasteiger partial charge is 0.462 e. The quantitative estimate of drug-likeness (QED) is 0.0261. The SMILES string of the molecule is CC/C=C\C/C=C\C/C=C\C/C=C\C/C=C\C/C=C\C/C=C\CCCCCCCC(=O)OCC(COC(=O)CCCCCCC/C=C\C/C=C\CCCCC)OC(=O)CCC/C=C\C/C=C\C/C=C\C/C=C\C/C=C\C/C=C\C/C=C\CC. The zero-order valence-electron chi connectivity index (χ0n) is 52.9. The van der Waals surface area contributed by atoms with Gasteiger partial charge < -0.3 is 14.2 Å². The summed E-state index contributed by atoms with van der Waals surface area (Å²) in [6, 6.07) is 0. The molecular formula is C77H118O6. The van der Waals surface area contributed by atoms with Crippen molar-refractivity contribution in [1.29, 1.82) is 0 Å². The number of rotatable bonds is 57. The summed E-state index contributed by atoms with van der Waals surface area (Å²) in [5.41, 5.74) is 0. The Balaban J connectivity index is 4.56. The standard InChI is InChI=1S/C77H118O6/c1-4-7-10-13-16-19-22-25-28-30-32-34-36-37-38-39-41-42-44-46-49-52-55-58-61-64-67-70-76(79)82-73-74(72-81-75(78)69-66-63-60-57-54-51-48-27-24-21-18-15-12-9-6-3)83-77(80)71-68-65-62-59-56-53-50-47-45-43-40-35-33-31-29-26-23-20-17-14-11-8-5-2/h7-8,10-11,16-21,25-29,32-35,37-38,41-43,45-46,48-50,53,59,62,74H,4-6,9,12-15,22-24,30-31,36,39-40,44,47,51-52,54-58,60-61,63-73H2,1-3H3/b10-7-,11-8-,19-16-,20-17-,21-18-,28-25-,29-26-,34-32-,35-33-,38-37-,42-41-,45-43-,48-27-,49-46-,53-50-,62-59-. The minimum atomic E-state index is -0.837. The van der Waals surface area contributed by atoms with Crippen LogP contribution in [-0.2, 0) is 28.6 Å². The van der Waals surface area contributed by atoms with Crippen molar-refractivity contribution in [2.75, 3.05) is 13.2 Å². The molecule has 0 saturated carbocycles. The minimum Gasteiger partial charge on any atom is -0.462 e. The van der Waals surface area contributed by atoms with Gasteiger partial charge in [0.25, 0.3) is 0 Å². The third-order valence-corrected chi connectivity index (χ3v) is 13.1. The first-order valence-electron chi connectivity index (χ1n) is 32.9. The molecule has 0 amide bonds. The molecule has 0 aliphatic rings. The number of unbranched alkanes of at least 4 members (excludes halogenated alkanes) is 14. The van der Waals surface area contributed by atoms with Crippen LogP contribution in [0.2, 0.25) is 0 Å². The number of ether oxygens (including phenoxy) is 3. The Hall–Kier alpha value is -5.75. The molecule has 0 heterocycles. The molecular weight excluding hydrogens is 1020 g/mol. The van der Waals surface area contributed by atoms with E-state index in [4.69, 9.17) is 14.2 Å². The van der Waals surface area contributed by atoms with Crippen LogP contribution in [0.15, 0.2) is 194 Å². The van der Waals surface area contributed by atoms with Crippen molar-refractivity contribution in [2.45, 2.75) is 258 Å². The van der Waals surface area contributed by atoms with Gasteiger partial charge in [0.15, 0.2) is 6.10 Å². The fourth-order valence-electron chi connectivity index (χ4n) is 8.21. The van der Waals surface area contributed by atoms with Gasteiger partial charge in [-0.25, -0.2) is 0 Å². The predicted molar refractivity (Wildman–Crippen MR) is 361 cm³/mol. The highest BCUT2D eigenvalue weighted by Gasteiger charge is 2.19. The summed E-state index contributed by atoms with van der Waals surface area (Å²) in [7, 11) is 0. The maximum Gasteiger partial charge on any atom is 0.306 e. The molecule has 0 aromatic heterocycles. The molecule has 0 aromatic rings. The van der Waals surface area contributed by atoms with Gasteiger partial charge in [-0.2, -0.15) is 0 Å². The minimum absolute atomic E-state index is 0.125. The van der Waals surface area contributed by atoms with Gasteiger partial charge in [-0.15, -0.1) is 0 Å². The Labute approximate surface area is 509 Å². The van der Waals surface area contributed by atoms with Crippen molar-refractivity contribution in [2.24, 2.45) is 0 Å². The van der Waals surface area contributed by atoms with Crippen molar-refractivity contribution in [1.82, 2.24) is 0 Å². The van der Waals surface area contributed by atoms with E-state index in [1.165, 1.54) is 25.7 Å². The molecule has 0 spiro atoms. The van der Waals surface area contributed by atoms with E-state index < -0.39 is 6.10 Å². The molecule has 0 bridgehead atoms. The van der Waals surface area contributed by atoms with Crippen LogP contribution in [0.5, 0.6) is 0 Å². The van der Waals surface area contributed by atoms with Crippen molar-refractivity contribution in [3.8, 4) is 0 Å². The first-order chi connectivity index (χ1) is 41.0. The van der Waals surface area contributed by atoms with Gasteiger partial charge in [0.2, 0.25) is 0 Å². The molecule has 0 radical (unpaired) electrons. The average molecular weight is 1140 g/mol. The third kappa shape index (κ3) is 66.9. The number of hydrogen-bond acceptors (Lipinski definition) is 6. The van der Waals surface area contributed by atoms with E-state index in [1.807, 2.05) is 0 Å². The molecule has 83 heavy (non-hydrogen) atoms. The Bertz CT molecular complexity index is 1990. The molecule has 0 aliphatic heterocycles. The normalized spacial score (nSPS) is 13.4. The third-order valence-electron chi connectivity index (χ3n) is 13.1. The van der Waals surface area contributed by atoms with Gasteiger partial charge in [-0.3, -0.25) is 14.4 Å². The smallest absolute Gasteiger partial charge is 0.306 e. The molecule has 0 rings (SSSR count). The second kappa shape index (κ2) is 68.7. The Morgan fingerprint density at radius 2 is 0.482 bits per heavy atom. The first kappa shape index (κ1) is 77.2. The predicted octanol–water partition coefficient (Wildman–Crippen LogP) is 23.0. The highest BCUT2D eigenvalue weighted by molar-refractivity contribution is 5.71. The monoisotopic (exact) mass is 1140 g/mol. The average Bonchev–Trinajstić information content (AvgIpc) is 3.49. The van der Waals surface area contributed by atoms with Gasteiger partial charge in [0.1, 0.15) is 13.2 Å². The molecule has 462 valence electrons. The van der Waals surface area contributed by atoms with E-state index in [-0.39, 0.29) is 37.5 Å². The zero-order valence-corrected chi connectivity index (χ0v) is 52.9. The summed E-state index contributed by atoms with van der Waals surface area (Å²) in [6.07, 6.45) is 104. The lowest BCUT2D eigenvalue weighted by Crippen LogP contribution is -2.30. The van der Waals surface area contributed by atoms with E-state index in [2.05, 4.69) is 215 Å². The van der Waals surface area contributed by atoms with Crippen LogP contribution >= 0.6 is 0 Å². The fraction of sp³-hybridized carbons (Fsp3) is 0.545. The molecule has 1 unspecified atom stereocenters. The van der Waals surface area contributed by atoms with E-state index in [0.29, 0.717) is 19.3 Å². The second-order valence-corrected chi connectivity index (χ2v) is 20.9. The van der Waals surface area contributed by atoms with Crippen LogP contribution < -0.4 is 0 Å². The van der Waals surface area contributed by atoms with Gasteiger partial charge in [-0.1, -0.05) is 267 Å². The Kier molecular flexibility index (Phi) is 64.0. The lowest BCUT2D eigenvalue weighted by molar-refractivity contribution is -0.167. The Morgan fingerprint density at radius 3 is 0.771 bits per heavy atom. The summed E-state index contributed by atoms with van der Waals surface area (Å²) < 4.78 is 16.9. The number of esters is 3. The topological polar surface area (TPSA) is 78.9 Å². The lowest BCUT2D eigenvalue weighted by atomic mass is 10.1. The van der Waals surface area contributed by atoms with Gasteiger partial charge >= 0.3 is 17.9 Å². The first-order valence-corrected chi connectivity index (χ1v) is 32.9. The molecule has 0 aromatic carbocycles. The van der Waals surface area contributed by atoms with Crippen LogP contribution in [0.3, 0.4) is 0 Å². The van der Waals surface area contributed by atoms with Crippen LogP contribution in [-0.4, -0.2) is 37.2 Å². The zero-order chi connectivity index (χ0) is 59.9. The van der Waals surface area contributed by atoms with Crippen LogP contribution in [0.1, 0.15) is 252 Å². The molecule has 6 nitrogen and oxygen atoms in total. The van der Waals surface area contributed by atoms with Gasteiger partial charge in [0.05, 0.1) is 0 Å². The molecule has 0 saturated heterocycles. The number of carbonyl (C=O) groups is 3. The van der Waals surface area contributed by atoms with Crippen molar-refractivity contribution in [3.05, 3.63) is 194 Å². The van der Waals surface area contributed by atoms with E-state index in [0.717, 1.165) is 180 Å². The van der Waals surface area contributed by atoms with Crippen LogP contribution in [0.4, 0.5) is 0 Å². The van der Waals surface area contributed by atoms with Gasteiger partial charge in [-0.05, 0) is 161 Å². The molecule has 0 aliphatic carbocycles. The summed E-state index contributed by atoms with van der Waals surface area (Å²) in [4.78, 5) is 38.4. The fourth-order valence-corrected chi connectivity index (χ4v) is 8.21. The highest BCUT2D eigenvalue weighted by Crippen LogP contribution is 2.13. The number of carbonyl (C=O) groups excluding carboxylic acids is 3. The molecule has 6 heteroatoms. The molecule has 0 N–H and O–H groups in total. The van der Waals surface area contributed by atoms with Gasteiger partial charge in [0, 0.05) is 19.3 Å².